The van der Waals surface area contributed by atoms with E-state index in [0.29, 0.717) is 46.7 Å². The van der Waals surface area contributed by atoms with Gasteiger partial charge in [0.1, 0.15) is 27.2 Å². The Morgan fingerprint density at radius 3 is 2.37 bits per heavy atom. The third-order valence-electron chi connectivity index (χ3n) is 6.31. The minimum absolute atomic E-state index is 0.00674. The number of alkyl halides is 3. The number of halogens is 3. The summed E-state index contributed by atoms with van der Waals surface area (Å²) in [6.07, 6.45) is -3.54. The summed E-state index contributed by atoms with van der Waals surface area (Å²) in [6, 6.07) is 6.62. The summed E-state index contributed by atoms with van der Waals surface area (Å²) in [5.41, 5.74) is 6.79. The second-order valence-corrected chi connectivity index (χ2v) is 11.3. The third-order valence-corrected chi connectivity index (χ3v) is 8.03. The first-order valence-electron chi connectivity index (χ1n) is 11.7. The number of nitrogen functional groups attached to an aromatic ring is 1. The lowest BCUT2D eigenvalue weighted by molar-refractivity contribution is -0.137. The van der Waals surface area contributed by atoms with Crippen LogP contribution in [0.5, 0.6) is 5.75 Å². The molecule has 1 saturated heterocycles. The fourth-order valence-electron chi connectivity index (χ4n) is 4.47. The summed E-state index contributed by atoms with van der Waals surface area (Å²) in [5, 5.41) is 10.8. The molecule has 1 aliphatic heterocycles. The molecule has 0 radical (unpaired) electrons. The number of ether oxygens (including phenoxy) is 1. The van der Waals surface area contributed by atoms with Crippen molar-refractivity contribution in [3.8, 4) is 5.75 Å². The van der Waals surface area contributed by atoms with Crippen molar-refractivity contribution in [3.63, 3.8) is 0 Å². The van der Waals surface area contributed by atoms with Gasteiger partial charge in [-0.3, -0.25) is 4.79 Å². The van der Waals surface area contributed by atoms with Gasteiger partial charge in [-0.05, 0) is 68.0 Å². The lowest BCUT2D eigenvalue weighted by Gasteiger charge is -2.25. The van der Waals surface area contributed by atoms with Crippen LogP contribution in [-0.2, 0) is 20.8 Å². The zero-order valence-corrected chi connectivity index (χ0v) is 21.9. The van der Waals surface area contributed by atoms with Crippen LogP contribution in [0, 0.1) is 6.92 Å². The Kier molecular flexibility index (Phi) is 8.70. The molecule has 206 valence electrons. The van der Waals surface area contributed by atoms with Gasteiger partial charge < -0.3 is 20.9 Å². The average molecular weight is 555 g/mol. The maximum Gasteiger partial charge on any atom is 0.416 e. The van der Waals surface area contributed by atoms with Crippen molar-refractivity contribution in [3.05, 3.63) is 52.8 Å². The SMILES string of the molecule is COc1cc2nc(C)nc(N[C@H](C)c3cc(N)cc(C(F)(F)F)c3)c2cc1C1CCS(=O)(=O)CC1.O=CO. The minimum atomic E-state index is -4.51. The molecule has 13 heteroatoms. The number of benzene rings is 2. The van der Waals surface area contributed by atoms with Crippen LogP contribution >= 0.6 is 0 Å². The van der Waals surface area contributed by atoms with Crippen molar-refractivity contribution >= 4 is 38.7 Å². The second-order valence-electron chi connectivity index (χ2n) is 9.01. The first-order valence-corrected chi connectivity index (χ1v) is 13.5. The number of aryl methyl sites for hydroxylation is 1. The molecule has 0 aliphatic carbocycles. The van der Waals surface area contributed by atoms with Crippen LogP contribution < -0.4 is 15.8 Å². The van der Waals surface area contributed by atoms with E-state index in [0.717, 1.165) is 17.7 Å². The van der Waals surface area contributed by atoms with Crippen molar-refractivity contribution in [2.24, 2.45) is 0 Å². The molecule has 0 bridgehead atoms. The zero-order valence-electron chi connectivity index (χ0n) is 21.0. The highest BCUT2D eigenvalue weighted by Crippen LogP contribution is 2.39. The number of nitrogens with one attached hydrogen (secondary N) is 1. The van der Waals surface area contributed by atoms with Gasteiger partial charge in [-0.1, -0.05) is 0 Å². The number of nitrogens with two attached hydrogens (primary N) is 1. The van der Waals surface area contributed by atoms with E-state index in [9.17, 15) is 21.6 Å². The molecule has 0 saturated carbocycles. The van der Waals surface area contributed by atoms with Crippen LogP contribution in [-0.4, -0.2) is 48.6 Å². The van der Waals surface area contributed by atoms with Crippen molar-refractivity contribution < 1.29 is 36.2 Å². The van der Waals surface area contributed by atoms with Gasteiger partial charge >= 0.3 is 6.18 Å². The average Bonchev–Trinajstić information content (AvgIpc) is 2.83. The minimum Gasteiger partial charge on any atom is -0.496 e. The number of carbonyl (C=O) groups is 1. The summed E-state index contributed by atoms with van der Waals surface area (Å²) >= 11 is 0. The van der Waals surface area contributed by atoms with Gasteiger partial charge in [0, 0.05) is 17.1 Å². The molecular formula is C25H29F3N4O5S. The molecular weight excluding hydrogens is 525 g/mol. The van der Waals surface area contributed by atoms with E-state index in [1.54, 1.807) is 27.0 Å². The fourth-order valence-corrected chi connectivity index (χ4v) is 5.97. The van der Waals surface area contributed by atoms with Crippen LogP contribution in [0.3, 0.4) is 0 Å². The molecule has 2 aromatic carbocycles. The molecule has 2 heterocycles. The maximum absolute atomic E-state index is 13.3. The van der Waals surface area contributed by atoms with Crippen molar-refractivity contribution in [2.45, 2.75) is 44.8 Å². The number of hydrogen-bond donors (Lipinski definition) is 3. The first-order chi connectivity index (χ1) is 17.8. The van der Waals surface area contributed by atoms with E-state index in [4.69, 9.17) is 20.4 Å². The number of hydrogen-bond acceptors (Lipinski definition) is 8. The van der Waals surface area contributed by atoms with E-state index in [-0.39, 0.29) is 29.6 Å². The van der Waals surface area contributed by atoms with E-state index >= 15 is 0 Å². The molecule has 1 aliphatic rings. The van der Waals surface area contributed by atoms with E-state index in [1.165, 1.54) is 6.07 Å². The van der Waals surface area contributed by atoms with Crippen LogP contribution in [0.4, 0.5) is 24.7 Å². The number of methoxy groups -OCH3 is 1. The molecule has 3 aromatic rings. The van der Waals surface area contributed by atoms with Crippen LogP contribution in [0.15, 0.2) is 30.3 Å². The number of rotatable bonds is 5. The fraction of sp³-hybridized carbons (Fsp3) is 0.400. The topological polar surface area (TPSA) is 144 Å². The van der Waals surface area contributed by atoms with Gasteiger partial charge in [0.25, 0.3) is 6.47 Å². The van der Waals surface area contributed by atoms with Crippen LogP contribution in [0.2, 0.25) is 0 Å². The number of fused-ring (bicyclic) bond motifs is 1. The van der Waals surface area contributed by atoms with Crippen molar-refractivity contribution in [1.82, 2.24) is 9.97 Å². The van der Waals surface area contributed by atoms with Gasteiger partial charge in [-0.2, -0.15) is 13.2 Å². The highest BCUT2D eigenvalue weighted by molar-refractivity contribution is 7.91. The quantitative estimate of drug-likeness (QED) is 0.301. The van der Waals surface area contributed by atoms with Gasteiger partial charge in [0.05, 0.1) is 35.7 Å². The van der Waals surface area contributed by atoms with Gasteiger partial charge in [0.15, 0.2) is 0 Å². The molecule has 0 spiro atoms. The van der Waals surface area contributed by atoms with Gasteiger partial charge in [0.2, 0.25) is 0 Å². The number of anilines is 2. The smallest absolute Gasteiger partial charge is 0.416 e. The summed E-state index contributed by atoms with van der Waals surface area (Å²) < 4.78 is 69.3. The van der Waals surface area contributed by atoms with Crippen molar-refractivity contribution in [1.29, 1.82) is 0 Å². The molecule has 4 N–H and O–H groups in total. The second kappa shape index (κ2) is 11.4. The maximum atomic E-state index is 13.3. The Morgan fingerprint density at radius 1 is 1.16 bits per heavy atom. The summed E-state index contributed by atoms with van der Waals surface area (Å²) in [5.74, 6) is 1.78. The molecule has 0 amide bonds. The highest BCUT2D eigenvalue weighted by Gasteiger charge is 2.32. The normalized spacial score (nSPS) is 16.3. The zero-order chi connectivity index (χ0) is 28.3. The standard InChI is InChI=1S/C24H27F3N4O3S.CH2O2/c1-13(16-8-17(24(25,26)27)10-18(28)9-16)29-23-20-11-19(15-4-6-35(32,33)7-5-15)22(34-3)12-21(20)30-14(2)31-23;2-1-3/h8-13,15H,4-7,28H2,1-3H3,(H,29,30,31);1H,(H,2,3)/t13-;/m1./s1. The largest absolute Gasteiger partial charge is 0.496 e. The highest BCUT2D eigenvalue weighted by atomic mass is 32.2. The molecule has 9 nitrogen and oxygen atoms in total. The van der Waals surface area contributed by atoms with E-state index < -0.39 is 27.6 Å². The molecule has 4 rings (SSSR count). The predicted molar refractivity (Wildman–Crippen MR) is 138 cm³/mol. The van der Waals surface area contributed by atoms with Gasteiger partial charge in [-0.15, -0.1) is 0 Å². The van der Waals surface area contributed by atoms with Gasteiger partial charge in [-0.25, -0.2) is 18.4 Å². The predicted octanol–water partition coefficient (Wildman–Crippen LogP) is 4.71. The molecule has 0 unspecified atom stereocenters. The Morgan fingerprint density at radius 2 is 1.79 bits per heavy atom. The lowest BCUT2D eigenvalue weighted by Crippen LogP contribution is -2.22. The summed E-state index contributed by atoms with van der Waals surface area (Å²) in [6.45, 7) is 3.21. The van der Waals surface area contributed by atoms with Crippen LogP contribution in [0.1, 0.15) is 54.2 Å². The first kappa shape index (κ1) is 29.0. The summed E-state index contributed by atoms with van der Waals surface area (Å²) in [7, 11) is -1.48. The van der Waals surface area contributed by atoms with E-state index in [2.05, 4.69) is 15.3 Å². The lowest BCUT2D eigenvalue weighted by atomic mass is 9.91. The molecule has 38 heavy (non-hydrogen) atoms. The number of carboxylic acid groups (broad SMARTS) is 1. The number of sulfone groups is 1. The number of nitrogens with zero attached hydrogens (tertiary/aromatic N) is 2. The summed E-state index contributed by atoms with van der Waals surface area (Å²) in [4.78, 5) is 17.4. The number of aromatic nitrogens is 2. The Balaban J connectivity index is 0.00000127. The third kappa shape index (κ3) is 6.82. The van der Waals surface area contributed by atoms with Crippen molar-refractivity contribution in [2.75, 3.05) is 29.7 Å². The molecule has 1 fully saturated rings. The van der Waals surface area contributed by atoms with E-state index in [1.807, 2.05) is 6.07 Å². The Labute approximate surface area is 218 Å². The molecule has 1 atom stereocenters. The monoisotopic (exact) mass is 554 g/mol. The Hall–Kier alpha value is -3.61. The Bertz CT molecular complexity index is 1420. The van der Waals surface area contributed by atoms with Crippen LogP contribution in [0.25, 0.3) is 10.9 Å². The molecule has 1 aromatic heterocycles.